The monoisotopic (exact) mass is 342 g/mol. The molecule has 0 spiro atoms. The fourth-order valence-electron chi connectivity index (χ4n) is 3.38. The number of carbonyl (C=O) groups is 2. The molecule has 1 aromatic heterocycles. The zero-order chi connectivity index (χ0) is 17.9. The maximum Gasteiger partial charge on any atom is 0.329 e. The van der Waals surface area contributed by atoms with Gasteiger partial charge in [0.05, 0.1) is 0 Å². The summed E-state index contributed by atoms with van der Waals surface area (Å²) < 4.78 is 1.73. The molecule has 3 rings (SSSR count). The molecular formula is C18H22N4O3. The van der Waals surface area contributed by atoms with Gasteiger partial charge in [-0.05, 0) is 55.9 Å². The van der Waals surface area contributed by atoms with Crippen molar-refractivity contribution >= 4 is 11.9 Å². The fourth-order valence-corrected chi connectivity index (χ4v) is 3.38. The molecule has 1 heterocycles. The van der Waals surface area contributed by atoms with Crippen LogP contribution >= 0.6 is 0 Å². The molecule has 7 heteroatoms. The summed E-state index contributed by atoms with van der Waals surface area (Å²) in [7, 11) is 0. The normalized spacial score (nSPS) is 23.2. The first-order valence-electron chi connectivity index (χ1n) is 8.55. The van der Waals surface area contributed by atoms with E-state index in [4.69, 9.17) is 0 Å². The van der Waals surface area contributed by atoms with Crippen LogP contribution in [0.4, 0.5) is 0 Å². The summed E-state index contributed by atoms with van der Waals surface area (Å²) in [5.74, 6) is -0.753. The third-order valence-corrected chi connectivity index (χ3v) is 5.14. The van der Waals surface area contributed by atoms with Gasteiger partial charge in [-0.1, -0.05) is 13.3 Å². The number of aromatic nitrogens is 3. The number of carbonyl (C=O) groups excluding carboxylic acids is 1. The predicted octanol–water partition coefficient (Wildman–Crippen LogP) is 2.42. The van der Waals surface area contributed by atoms with Crippen LogP contribution in [0.3, 0.4) is 0 Å². The molecule has 2 N–H and O–H groups in total. The smallest absolute Gasteiger partial charge is 0.329 e. The molecule has 1 amide bonds. The number of hydrogen-bond donors (Lipinski definition) is 2. The number of nitrogens with zero attached hydrogens (tertiary/aromatic N) is 3. The Morgan fingerprint density at radius 3 is 2.32 bits per heavy atom. The molecule has 0 atom stereocenters. The number of rotatable bonds is 5. The van der Waals surface area contributed by atoms with Crippen LogP contribution in [0.5, 0.6) is 0 Å². The third-order valence-electron chi connectivity index (χ3n) is 5.14. The van der Waals surface area contributed by atoms with E-state index in [1.807, 2.05) is 0 Å². The van der Waals surface area contributed by atoms with Gasteiger partial charge in [0.15, 0.2) is 0 Å². The van der Waals surface area contributed by atoms with E-state index in [2.05, 4.69) is 22.4 Å². The Labute approximate surface area is 146 Å². The molecule has 1 saturated carbocycles. The van der Waals surface area contributed by atoms with Crippen molar-refractivity contribution in [2.75, 3.05) is 0 Å². The van der Waals surface area contributed by atoms with Crippen LogP contribution in [0.15, 0.2) is 36.9 Å². The van der Waals surface area contributed by atoms with Gasteiger partial charge < -0.3 is 10.4 Å². The van der Waals surface area contributed by atoms with Gasteiger partial charge in [0.25, 0.3) is 5.91 Å². The van der Waals surface area contributed by atoms with E-state index in [0.29, 0.717) is 24.3 Å². The molecule has 25 heavy (non-hydrogen) atoms. The van der Waals surface area contributed by atoms with Crippen LogP contribution in [-0.2, 0) is 4.79 Å². The summed E-state index contributed by atoms with van der Waals surface area (Å²) in [4.78, 5) is 24.4. The summed E-state index contributed by atoms with van der Waals surface area (Å²) in [5.41, 5.74) is 0.114. The van der Waals surface area contributed by atoms with Gasteiger partial charge in [-0.25, -0.2) is 4.79 Å². The summed E-state index contributed by atoms with van der Waals surface area (Å²) in [5, 5.41) is 19.9. The number of carboxylic acid groups (broad SMARTS) is 1. The Morgan fingerprint density at radius 2 is 1.80 bits per heavy atom. The quantitative estimate of drug-likeness (QED) is 0.870. The van der Waals surface area contributed by atoms with Gasteiger partial charge in [0.2, 0.25) is 0 Å². The molecule has 0 unspecified atom stereocenters. The van der Waals surface area contributed by atoms with E-state index in [1.54, 1.807) is 41.5 Å². The molecule has 1 fully saturated rings. The van der Waals surface area contributed by atoms with Crippen molar-refractivity contribution < 1.29 is 14.7 Å². The average Bonchev–Trinajstić information content (AvgIpc) is 3.17. The fraction of sp³-hybridized carbons (Fsp3) is 0.444. The minimum Gasteiger partial charge on any atom is -0.480 e. The van der Waals surface area contributed by atoms with Gasteiger partial charge in [-0.3, -0.25) is 9.36 Å². The van der Waals surface area contributed by atoms with Crippen LogP contribution < -0.4 is 5.32 Å². The standard InChI is InChI=1S/C18H22N4O3/c1-2-13-7-9-18(10-8-13,17(24)25)21-16(23)14-3-5-15(6-4-14)22-11-19-20-12-22/h3-6,11-13H,2,7-10H2,1H3,(H,21,23)(H,24,25). The zero-order valence-corrected chi connectivity index (χ0v) is 14.2. The first kappa shape index (κ1) is 17.1. The van der Waals surface area contributed by atoms with Crippen LogP contribution in [0, 0.1) is 5.92 Å². The second kappa shape index (κ2) is 7.04. The summed E-state index contributed by atoms with van der Waals surface area (Å²) in [6.45, 7) is 2.12. The average molecular weight is 342 g/mol. The van der Waals surface area contributed by atoms with E-state index < -0.39 is 11.5 Å². The lowest BCUT2D eigenvalue weighted by molar-refractivity contribution is -0.146. The largest absolute Gasteiger partial charge is 0.480 e. The van der Waals surface area contributed by atoms with Crippen molar-refractivity contribution in [1.82, 2.24) is 20.1 Å². The first-order chi connectivity index (χ1) is 12.0. The van der Waals surface area contributed by atoms with Crippen molar-refractivity contribution in [1.29, 1.82) is 0 Å². The minimum atomic E-state index is -1.16. The van der Waals surface area contributed by atoms with E-state index in [0.717, 1.165) is 24.9 Å². The van der Waals surface area contributed by atoms with E-state index in [-0.39, 0.29) is 5.91 Å². The molecular weight excluding hydrogens is 320 g/mol. The lowest BCUT2D eigenvalue weighted by Gasteiger charge is -2.37. The number of aliphatic carboxylic acids is 1. The highest BCUT2D eigenvalue weighted by molar-refractivity contribution is 5.98. The minimum absolute atomic E-state index is 0.354. The van der Waals surface area contributed by atoms with Crippen LogP contribution in [0.1, 0.15) is 49.4 Å². The molecule has 0 saturated heterocycles. The molecule has 2 aromatic rings. The van der Waals surface area contributed by atoms with E-state index >= 15 is 0 Å². The maximum atomic E-state index is 12.6. The second-order valence-corrected chi connectivity index (χ2v) is 6.61. The van der Waals surface area contributed by atoms with Gasteiger partial charge in [0, 0.05) is 11.3 Å². The molecule has 132 valence electrons. The summed E-state index contributed by atoms with van der Waals surface area (Å²) in [6, 6.07) is 6.91. The molecule has 0 bridgehead atoms. The Balaban J connectivity index is 1.72. The number of amides is 1. The number of nitrogens with one attached hydrogen (secondary N) is 1. The molecule has 1 aromatic carbocycles. The van der Waals surface area contributed by atoms with Crippen molar-refractivity contribution in [3.05, 3.63) is 42.5 Å². The molecule has 1 aliphatic rings. The van der Waals surface area contributed by atoms with Gasteiger partial charge in [-0.15, -0.1) is 10.2 Å². The first-order valence-corrected chi connectivity index (χ1v) is 8.55. The van der Waals surface area contributed by atoms with Crippen molar-refractivity contribution in [3.8, 4) is 5.69 Å². The molecule has 7 nitrogen and oxygen atoms in total. The highest BCUT2D eigenvalue weighted by atomic mass is 16.4. The molecule has 0 radical (unpaired) electrons. The number of carboxylic acids is 1. The molecule has 1 aliphatic carbocycles. The number of benzene rings is 1. The highest BCUT2D eigenvalue weighted by Gasteiger charge is 2.43. The highest BCUT2D eigenvalue weighted by Crippen LogP contribution is 2.34. The zero-order valence-electron chi connectivity index (χ0n) is 14.2. The molecule has 0 aliphatic heterocycles. The van der Waals surface area contributed by atoms with Gasteiger partial charge >= 0.3 is 5.97 Å². The Kier molecular flexibility index (Phi) is 4.83. The van der Waals surface area contributed by atoms with Gasteiger partial charge in [-0.2, -0.15) is 0 Å². The van der Waals surface area contributed by atoms with Crippen LogP contribution in [0.2, 0.25) is 0 Å². The Hall–Kier alpha value is -2.70. The van der Waals surface area contributed by atoms with Crippen LogP contribution in [-0.4, -0.2) is 37.3 Å². The SMILES string of the molecule is CCC1CCC(NC(=O)c2ccc(-n3cnnc3)cc2)(C(=O)O)CC1. The second-order valence-electron chi connectivity index (χ2n) is 6.61. The maximum absolute atomic E-state index is 12.6. The Bertz CT molecular complexity index is 732. The lowest BCUT2D eigenvalue weighted by atomic mass is 9.75. The predicted molar refractivity (Wildman–Crippen MR) is 91.4 cm³/mol. The van der Waals surface area contributed by atoms with Crippen LogP contribution in [0.25, 0.3) is 5.69 Å². The van der Waals surface area contributed by atoms with Gasteiger partial charge in [0.1, 0.15) is 18.2 Å². The van der Waals surface area contributed by atoms with Crippen molar-refractivity contribution in [2.45, 2.75) is 44.6 Å². The third kappa shape index (κ3) is 3.55. The summed E-state index contributed by atoms with van der Waals surface area (Å²) in [6.07, 6.45) is 6.80. The topological polar surface area (TPSA) is 97.1 Å². The lowest BCUT2D eigenvalue weighted by Crippen LogP contribution is -2.56. The van der Waals surface area contributed by atoms with Crippen molar-refractivity contribution in [2.24, 2.45) is 5.92 Å². The van der Waals surface area contributed by atoms with E-state index in [9.17, 15) is 14.7 Å². The number of hydrogen-bond acceptors (Lipinski definition) is 4. The Morgan fingerprint density at radius 1 is 1.20 bits per heavy atom. The van der Waals surface area contributed by atoms with Crippen molar-refractivity contribution in [3.63, 3.8) is 0 Å². The summed E-state index contributed by atoms with van der Waals surface area (Å²) >= 11 is 0. The van der Waals surface area contributed by atoms with E-state index in [1.165, 1.54) is 0 Å².